The summed E-state index contributed by atoms with van der Waals surface area (Å²) in [6.07, 6.45) is 1.10. The lowest BCUT2D eigenvalue weighted by atomic mass is 9.86. The van der Waals surface area contributed by atoms with Gasteiger partial charge in [-0.25, -0.2) is 0 Å². The van der Waals surface area contributed by atoms with E-state index in [-0.39, 0.29) is 6.04 Å². The van der Waals surface area contributed by atoms with E-state index in [0.717, 1.165) is 22.6 Å². The van der Waals surface area contributed by atoms with Crippen LogP contribution in [-0.2, 0) is 6.42 Å². The number of rotatable bonds is 0. The van der Waals surface area contributed by atoms with Crippen molar-refractivity contribution in [3.8, 4) is 0 Å². The number of aliphatic hydroxyl groups excluding tert-OH is 1. The Balaban J connectivity index is 2.49. The van der Waals surface area contributed by atoms with E-state index in [1.54, 1.807) is 0 Å². The average Bonchev–Trinajstić information content (AvgIpc) is 2.12. The minimum absolute atomic E-state index is 0.276. The van der Waals surface area contributed by atoms with Crippen molar-refractivity contribution in [3.63, 3.8) is 0 Å². The molecule has 0 saturated carbocycles. The predicted molar refractivity (Wildman–Crippen MR) is 52.7 cm³/mol. The number of fused-ring (bicyclic) bond motifs is 1. The summed E-state index contributed by atoms with van der Waals surface area (Å²) >= 11 is 6.02. The smallest absolute Gasteiger partial charge is 0.0736 e. The molecule has 0 unspecified atom stereocenters. The lowest BCUT2D eigenvalue weighted by Crippen LogP contribution is -2.31. The van der Waals surface area contributed by atoms with Crippen LogP contribution in [-0.4, -0.2) is 11.2 Å². The molecule has 2 rings (SSSR count). The molecule has 1 aromatic carbocycles. The van der Waals surface area contributed by atoms with Crippen LogP contribution < -0.4 is 5.73 Å². The highest BCUT2D eigenvalue weighted by Crippen LogP contribution is 2.32. The third kappa shape index (κ3) is 1.46. The molecule has 0 heterocycles. The molecule has 0 aliphatic heterocycles. The Morgan fingerprint density at radius 1 is 1.46 bits per heavy atom. The van der Waals surface area contributed by atoms with Crippen LogP contribution in [0.5, 0.6) is 0 Å². The third-order valence-electron chi connectivity index (χ3n) is 2.62. The van der Waals surface area contributed by atoms with E-state index in [1.165, 1.54) is 0 Å². The molecule has 0 amide bonds. The fourth-order valence-corrected chi connectivity index (χ4v) is 2.11. The molecule has 3 N–H and O–H groups in total. The standard InChI is InChI=1S/C10H12ClNO/c11-8-3-1-2-7-6(8)4-5-9(13)10(7)12/h1-3,9-10,13H,4-5,12H2/t9-,10+/m0/s1. The Hall–Kier alpha value is -0.570. The summed E-state index contributed by atoms with van der Waals surface area (Å²) in [5, 5.41) is 10.3. The van der Waals surface area contributed by atoms with Crippen molar-refractivity contribution in [2.24, 2.45) is 5.73 Å². The SMILES string of the molecule is N[C@@H]1c2cccc(Cl)c2CC[C@@H]1O. The summed E-state index contributed by atoms with van der Waals surface area (Å²) in [7, 11) is 0. The van der Waals surface area contributed by atoms with Crippen LogP contribution in [0.2, 0.25) is 5.02 Å². The zero-order chi connectivity index (χ0) is 9.42. The van der Waals surface area contributed by atoms with Crippen LogP contribution in [0.1, 0.15) is 23.6 Å². The first-order valence-corrected chi connectivity index (χ1v) is 4.79. The number of benzene rings is 1. The molecule has 2 atom stereocenters. The number of hydrogen-bond donors (Lipinski definition) is 2. The molecule has 1 aliphatic rings. The fourth-order valence-electron chi connectivity index (χ4n) is 1.83. The highest BCUT2D eigenvalue weighted by molar-refractivity contribution is 6.31. The van der Waals surface area contributed by atoms with Gasteiger partial charge >= 0.3 is 0 Å². The molecule has 0 aromatic heterocycles. The van der Waals surface area contributed by atoms with Crippen molar-refractivity contribution >= 4 is 11.6 Å². The van der Waals surface area contributed by atoms with Gasteiger partial charge in [0.15, 0.2) is 0 Å². The van der Waals surface area contributed by atoms with Gasteiger partial charge in [0.2, 0.25) is 0 Å². The number of aliphatic hydroxyl groups is 1. The topological polar surface area (TPSA) is 46.2 Å². The monoisotopic (exact) mass is 197 g/mol. The highest BCUT2D eigenvalue weighted by Gasteiger charge is 2.25. The first-order chi connectivity index (χ1) is 6.20. The summed E-state index contributed by atoms with van der Waals surface area (Å²) in [5.74, 6) is 0. The third-order valence-corrected chi connectivity index (χ3v) is 2.97. The number of nitrogens with two attached hydrogens (primary N) is 1. The van der Waals surface area contributed by atoms with Gasteiger partial charge in [-0.05, 0) is 30.0 Å². The Bertz CT molecular complexity index is 327. The molecule has 1 aromatic rings. The van der Waals surface area contributed by atoms with Crippen molar-refractivity contribution in [2.75, 3.05) is 0 Å². The van der Waals surface area contributed by atoms with E-state index in [9.17, 15) is 5.11 Å². The zero-order valence-corrected chi connectivity index (χ0v) is 7.96. The molecule has 0 radical (unpaired) electrons. The minimum Gasteiger partial charge on any atom is -0.391 e. The normalized spacial score (nSPS) is 27.0. The minimum atomic E-state index is -0.425. The van der Waals surface area contributed by atoms with E-state index in [0.29, 0.717) is 6.42 Å². The largest absolute Gasteiger partial charge is 0.391 e. The first kappa shape index (κ1) is 9.00. The van der Waals surface area contributed by atoms with Gasteiger partial charge in [0.05, 0.1) is 12.1 Å². The van der Waals surface area contributed by atoms with Gasteiger partial charge in [-0.3, -0.25) is 0 Å². The van der Waals surface area contributed by atoms with Gasteiger partial charge < -0.3 is 10.8 Å². The lowest BCUT2D eigenvalue weighted by Gasteiger charge is -2.27. The van der Waals surface area contributed by atoms with Crippen LogP contribution in [0, 0.1) is 0 Å². The Morgan fingerprint density at radius 3 is 3.00 bits per heavy atom. The molecule has 2 nitrogen and oxygen atoms in total. The molecule has 0 saturated heterocycles. The molecule has 1 aliphatic carbocycles. The van der Waals surface area contributed by atoms with Crippen molar-refractivity contribution in [3.05, 3.63) is 34.3 Å². The summed E-state index contributed by atoms with van der Waals surface area (Å²) in [4.78, 5) is 0. The molecular formula is C10H12ClNO. The average molecular weight is 198 g/mol. The predicted octanol–water partition coefficient (Wildman–Crippen LogP) is 1.65. The Kier molecular flexibility index (Phi) is 2.28. The van der Waals surface area contributed by atoms with Crippen LogP contribution in [0.15, 0.2) is 18.2 Å². The van der Waals surface area contributed by atoms with E-state index >= 15 is 0 Å². The Morgan fingerprint density at radius 2 is 2.23 bits per heavy atom. The molecule has 70 valence electrons. The maximum Gasteiger partial charge on any atom is 0.0736 e. The van der Waals surface area contributed by atoms with Crippen LogP contribution >= 0.6 is 11.6 Å². The second-order valence-corrected chi connectivity index (χ2v) is 3.85. The molecule has 0 fully saturated rings. The summed E-state index contributed by atoms with van der Waals surface area (Å²) in [5.41, 5.74) is 7.94. The second kappa shape index (κ2) is 3.29. The maximum atomic E-state index is 9.55. The number of hydrogen-bond acceptors (Lipinski definition) is 2. The van der Waals surface area contributed by atoms with E-state index in [4.69, 9.17) is 17.3 Å². The van der Waals surface area contributed by atoms with Gasteiger partial charge in [-0.1, -0.05) is 23.7 Å². The Labute approximate surface area is 82.3 Å². The summed E-state index contributed by atoms with van der Waals surface area (Å²) in [6, 6.07) is 5.40. The van der Waals surface area contributed by atoms with E-state index in [1.807, 2.05) is 18.2 Å². The van der Waals surface area contributed by atoms with Crippen LogP contribution in [0.25, 0.3) is 0 Å². The van der Waals surface area contributed by atoms with Gasteiger partial charge in [0.1, 0.15) is 0 Å². The van der Waals surface area contributed by atoms with Gasteiger partial charge in [0, 0.05) is 5.02 Å². The van der Waals surface area contributed by atoms with Gasteiger partial charge in [-0.2, -0.15) is 0 Å². The van der Waals surface area contributed by atoms with Crippen LogP contribution in [0.4, 0.5) is 0 Å². The van der Waals surface area contributed by atoms with Gasteiger partial charge in [-0.15, -0.1) is 0 Å². The molecule has 3 heteroatoms. The van der Waals surface area contributed by atoms with Crippen molar-refractivity contribution in [1.29, 1.82) is 0 Å². The van der Waals surface area contributed by atoms with Crippen LogP contribution in [0.3, 0.4) is 0 Å². The summed E-state index contributed by atoms with van der Waals surface area (Å²) in [6.45, 7) is 0. The second-order valence-electron chi connectivity index (χ2n) is 3.44. The number of halogens is 1. The van der Waals surface area contributed by atoms with E-state index in [2.05, 4.69) is 0 Å². The first-order valence-electron chi connectivity index (χ1n) is 4.41. The zero-order valence-electron chi connectivity index (χ0n) is 7.20. The fraction of sp³-hybridized carbons (Fsp3) is 0.400. The molecule has 0 spiro atoms. The molecule has 0 bridgehead atoms. The summed E-state index contributed by atoms with van der Waals surface area (Å²) < 4.78 is 0. The van der Waals surface area contributed by atoms with E-state index < -0.39 is 6.10 Å². The van der Waals surface area contributed by atoms with Crippen molar-refractivity contribution < 1.29 is 5.11 Å². The maximum absolute atomic E-state index is 9.55. The molecular weight excluding hydrogens is 186 g/mol. The quantitative estimate of drug-likeness (QED) is 0.665. The lowest BCUT2D eigenvalue weighted by molar-refractivity contribution is 0.128. The molecule has 13 heavy (non-hydrogen) atoms. The van der Waals surface area contributed by atoms with Crippen molar-refractivity contribution in [2.45, 2.75) is 25.0 Å². The highest BCUT2D eigenvalue weighted by atomic mass is 35.5. The van der Waals surface area contributed by atoms with Crippen molar-refractivity contribution in [1.82, 2.24) is 0 Å². The van der Waals surface area contributed by atoms with Gasteiger partial charge in [0.25, 0.3) is 0 Å².